The van der Waals surface area contributed by atoms with E-state index in [1.54, 1.807) is 0 Å². The van der Waals surface area contributed by atoms with Gasteiger partial charge in [-0.05, 0) is 24.3 Å². The van der Waals surface area contributed by atoms with Crippen molar-refractivity contribution in [3.63, 3.8) is 0 Å². The Hall–Kier alpha value is -0.238. The SMILES string of the molecule is CN1[C]N(C)c2ccccc21.CN1[C]N(C)c2ccccc21.[I][Pd][I]. The Morgan fingerprint density at radius 2 is 0.800 bits per heavy atom. The van der Waals surface area contributed by atoms with Crippen LogP contribution in [0.3, 0.4) is 0 Å². The number of fused-ring (bicyclic) bond motifs is 2. The van der Waals surface area contributed by atoms with Crippen LogP contribution in [0.1, 0.15) is 0 Å². The van der Waals surface area contributed by atoms with Crippen LogP contribution in [0, 0.1) is 13.3 Å². The second kappa shape index (κ2) is 10.2. The molecular weight excluding hydrogens is 632 g/mol. The van der Waals surface area contributed by atoms with Crippen molar-refractivity contribution in [1.29, 1.82) is 0 Å². The Kier molecular flexibility index (Phi) is 8.59. The number of halogens is 2. The molecule has 0 spiro atoms. The summed E-state index contributed by atoms with van der Waals surface area (Å²) in [4.78, 5) is 7.98. The van der Waals surface area contributed by atoms with Gasteiger partial charge in [-0.15, -0.1) is 0 Å². The van der Waals surface area contributed by atoms with Gasteiger partial charge in [0.2, 0.25) is 13.3 Å². The third kappa shape index (κ3) is 5.37. The minimum atomic E-state index is 0.890. The van der Waals surface area contributed by atoms with Crippen LogP contribution in [0.25, 0.3) is 0 Å². The molecule has 0 unspecified atom stereocenters. The fourth-order valence-corrected chi connectivity index (χ4v) is 2.73. The molecule has 4 nitrogen and oxygen atoms in total. The third-order valence-corrected chi connectivity index (χ3v) is 3.81. The van der Waals surface area contributed by atoms with Crippen LogP contribution in [0.5, 0.6) is 0 Å². The zero-order valence-corrected chi connectivity index (χ0v) is 20.3. The first-order chi connectivity index (χ1) is 12.0. The van der Waals surface area contributed by atoms with Gasteiger partial charge < -0.3 is 19.6 Å². The molecule has 2 aromatic carbocycles. The summed E-state index contributed by atoms with van der Waals surface area (Å²) >= 11 is 4.65. The molecule has 0 atom stereocenters. The van der Waals surface area contributed by atoms with Crippen molar-refractivity contribution < 1.29 is 10.8 Å². The van der Waals surface area contributed by atoms with Gasteiger partial charge in [-0.1, -0.05) is 24.3 Å². The molecule has 2 aliphatic heterocycles. The van der Waals surface area contributed by atoms with Crippen LogP contribution in [0.15, 0.2) is 48.5 Å². The Bertz CT molecular complexity index is 574. The maximum absolute atomic E-state index is 3.15. The van der Waals surface area contributed by atoms with Gasteiger partial charge in [0.25, 0.3) is 0 Å². The van der Waals surface area contributed by atoms with Crippen molar-refractivity contribution in [1.82, 2.24) is 0 Å². The van der Waals surface area contributed by atoms with Crippen molar-refractivity contribution in [3.8, 4) is 0 Å². The van der Waals surface area contributed by atoms with Gasteiger partial charge in [0.05, 0.1) is 22.7 Å². The molecule has 0 saturated carbocycles. The molecule has 0 bridgehead atoms. The first-order valence-corrected chi connectivity index (χ1v) is 16.7. The van der Waals surface area contributed by atoms with Crippen LogP contribution in [-0.4, -0.2) is 28.2 Å². The predicted molar refractivity (Wildman–Crippen MR) is 121 cm³/mol. The molecule has 2 heterocycles. The summed E-state index contributed by atoms with van der Waals surface area (Å²) in [6, 6.07) is 16.5. The molecule has 25 heavy (non-hydrogen) atoms. The van der Waals surface area contributed by atoms with E-state index in [-0.39, 0.29) is 0 Å². The van der Waals surface area contributed by atoms with Gasteiger partial charge in [-0.2, -0.15) is 0 Å². The number of hydrogen-bond acceptors (Lipinski definition) is 4. The zero-order chi connectivity index (χ0) is 18.4. The fraction of sp³-hybridized carbons (Fsp3) is 0.222. The van der Waals surface area contributed by atoms with Gasteiger partial charge in [-0.3, -0.25) is 0 Å². The molecule has 0 aliphatic carbocycles. The standard InChI is InChI=1S/2C9H10N2.2HI.Pd/c2*1-10-7-11(2)9-6-4-3-5-8(9)10;;;/h2*3-6H,1-2H3;2*1H;/q;;;;+2/p-2. The summed E-state index contributed by atoms with van der Waals surface area (Å²) in [5, 5.41) is 0. The van der Waals surface area contributed by atoms with E-state index in [9.17, 15) is 0 Å². The molecule has 0 aromatic heterocycles. The van der Waals surface area contributed by atoms with Crippen LogP contribution in [0.4, 0.5) is 22.7 Å². The molecule has 0 amide bonds. The number of benzene rings is 2. The average molecular weight is 653 g/mol. The van der Waals surface area contributed by atoms with Crippen LogP contribution in [-0.2, 0) is 10.8 Å². The van der Waals surface area contributed by atoms with E-state index in [0.29, 0.717) is 0 Å². The maximum atomic E-state index is 3.15. The summed E-state index contributed by atoms with van der Waals surface area (Å²) in [6.45, 7) is 6.30. The summed E-state index contributed by atoms with van der Waals surface area (Å²) in [5.74, 6) is 0. The molecule has 0 N–H and O–H groups in total. The second-order valence-electron chi connectivity index (χ2n) is 5.46. The van der Waals surface area contributed by atoms with Crippen LogP contribution >= 0.6 is 39.0 Å². The van der Waals surface area contributed by atoms with Crippen molar-refractivity contribution in [3.05, 3.63) is 61.9 Å². The summed E-state index contributed by atoms with van der Waals surface area (Å²) in [5.41, 5.74) is 4.87. The number of nitrogens with zero attached hydrogens (tertiary/aromatic N) is 4. The van der Waals surface area contributed by atoms with Crippen molar-refractivity contribution in [2.45, 2.75) is 0 Å². The molecule has 0 saturated heterocycles. The number of hydrogen-bond donors (Lipinski definition) is 0. The van der Waals surface area contributed by atoms with E-state index in [1.165, 1.54) is 22.7 Å². The Labute approximate surface area is 180 Å². The van der Waals surface area contributed by atoms with E-state index in [4.69, 9.17) is 0 Å². The monoisotopic (exact) mass is 652 g/mol. The predicted octanol–water partition coefficient (Wildman–Crippen LogP) is 4.91. The molecule has 4 radical (unpaired) electrons. The number of rotatable bonds is 0. The van der Waals surface area contributed by atoms with Gasteiger partial charge in [-0.25, -0.2) is 0 Å². The molecule has 7 heteroatoms. The average Bonchev–Trinajstić information content (AvgIpc) is 3.06. The van der Waals surface area contributed by atoms with Crippen molar-refractivity contribution in [2.75, 3.05) is 47.8 Å². The van der Waals surface area contributed by atoms with Crippen LogP contribution < -0.4 is 19.6 Å². The molecule has 0 fully saturated rings. The molecule has 4 rings (SSSR count). The van der Waals surface area contributed by atoms with Crippen LogP contribution in [0.2, 0.25) is 0 Å². The number of anilines is 4. The zero-order valence-electron chi connectivity index (χ0n) is 14.5. The fourth-order valence-electron chi connectivity index (χ4n) is 2.73. The first kappa shape index (κ1) is 21.1. The first-order valence-electron chi connectivity index (χ1n) is 7.47. The molecule has 2 aliphatic rings. The van der Waals surface area contributed by atoms with E-state index < -0.39 is 0 Å². The molecular formula is C18H20I2N4Pd. The van der Waals surface area contributed by atoms with E-state index in [1.807, 2.05) is 72.1 Å². The topological polar surface area (TPSA) is 13.0 Å². The van der Waals surface area contributed by atoms with E-state index >= 15 is 0 Å². The molecule has 2 aromatic rings. The van der Waals surface area contributed by atoms with Gasteiger partial charge in [0.15, 0.2) is 0 Å². The van der Waals surface area contributed by atoms with Gasteiger partial charge >= 0.3 is 49.8 Å². The third-order valence-electron chi connectivity index (χ3n) is 3.81. The van der Waals surface area contributed by atoms with Gasteiger partial charge in [0, 0.05) is 28.2 Å². The van der Waals surface area contributed by atoms with Crippen molar-refractivity contribution >= 4 is 61.8 Å². The number of para-hydroxylation sites is 4. The van der Waals surface area contributed by atoms with Gasteiger partial charge in [0.1, 0.15) is 0 Å². The summed E-state index contributed by atoms with van der Waals surface area (Å²) < 4.78 is 0. The Morgan fingerprint density at radius 1 is 0.600 bits per heavy atom. The Morgan fingerprint density at radius 3 is 1.00 bits per heavy atom. The Balaban J connectivity index is 0.000000156. The quantitative estimate of drug-likeness (QED) is 0.297. The molecule has 136 valence electrons. The second-order valence-corrected chi connectivity index (χ2v) is 17.4. The summed E-state index contributed by atoms with van der Waals surface area (Å²) in [6.07, 6.45) is 0. The normalized spacial score (nSPS) is 14.5. The van der Waals surface area contributed by atoms with E-state index in [0.717, 1.165) is 10.8 Å². The summed E-state index contributed by atoms with van der Waals surface area (Å²) in [7, 11) is 8.90. The van der Waals surface area contributed by atoms with E-state index in [2.05, 4.69) is 76.6 Å². The minimum absolute atomic E-state index is 0.890. The van der Waals surface area contributed by atoms with Crippen molar-refractivity contribution in [2.24, 2.45) is 0 Å².